The molecule has 0 saturated carbocycles. The topological polar surface area (TPSA) is 66.5 Å². The first-order valence-electron chi connectivity index (χ1n) is 10.5. The molecule has 3 rings (SSSR count). The fourth-order valence-corrected chi connectivity index (χ4v) is 4.66. The third-order valence-electron chi connectivity index (χ3n) is 5.61. The Hall–Kier alpha value is -2.47. The number of amides is 2. The number of carbonyl (C=O) groups is 2. The van der Waals surface area contributed by atoms with Gasteiger partial charge in [0.05, 0.1) is 5.92 Å². The summed E-state index contributed by atoms with van der Waals surface area (Å²) in [5, 5.41) is 3.10. The van der Waals surface area contributed by atoms with E-state index in [9.17, 15) is 13.8 Å². The van der Waals surface area contributed by atoms with Crippen LogP contribution >= 0.6 is 0 Å². The first-order chi connectivity index (χ1) is 14.5. The molecule has 1 fully saturated rings. The molecule has 30 heavy (non-hydrogen) atoms. The van der Waals surface area contributed by atoms with E-state index in [0.717, 1.165) is 30.4 Å². The Balaban J connectivity index is 1.55. The largest absolute Gasteiger partial charge is 0.349 e. The normalized spacial score (nSPS) is 16.7. The SMILES string of the molecule is CCC(C(=O)N1CCC(NC(=O)c2cccc(CS(C)=O)c2)CC1)c1ccccc1. The number of hydrogen-bond acceptors (Lipinski definition) is 3. The smallest absolute Gasteiger partial charge is 0.251 e. The third kappa shape index (κ3) is 5.79. The molecule has 2 aromatic carbocycles. The molecule has 2 atom stereocenters. The van der Waals surface area contributed by atoms with Gasteiger partial charge in [-0.05, 0) is 42.5 Å². The van der Waals surface area contributed by atoms with Crippen LogP contribution in [0.1, 0.15) is 53.6 Å². The van der Waals surface area contributed by atoms with Crippen molar-refractivity contribution in [2.24, 2.45) is 0 Å². The van der Waals surface area contributed by atoms with Gasteiger partial charge in [0.1, 0.15) is 0 Å². The second kappa shape index (κ2) is 10.5. The number of piperidine rings is 1. The zero-order valence-corrected chi connectivity index (χ0v) is 18.5. The molecule has 1 aliphatic rings. The molecule has 6 heteroatoms. The predicted octanol–water partition coefficient (Wildman–Crippen LogP) is 3.48. The monoisotopic (exact) mass is 426 g/mol. The maximum Gasteiger partial charge on any atom is 0.251 e. The number of likely N-dealkylation sites (tertiary alicyclic amines) is 1. The van der Waals surface area contributed by atoms with E-state index in [2.05, 4.69) is 5.32 Å². The van der Waals surface area contributed by atoms with Crippen molar-refractivity contribution in [3.8, 4) is 0 Å². The van der Waals surface area contributed by atoms with E-state index < -0.39 is 10.8 Å². The van der Waals surface area contributed by atoms with Crippen molar-refractivity contribution < 1.29 is 13.8 Å². The molecule has 0 aromatic heterocycles. The summed E-state index contributed by atoms with van der Waals surface area (Å²) in [6, 6.07) is 17.3. The first-order valence-corrected chi connectivity index (χ1v) is 12.2. The van der Waals surface area contributed by atoms with Crippen LogP contribution in [-0.2, 0) is 21.3 Å². The Morgan fingerprint density at radius 1 is 1.10 bits per heavy atom. The van der Waals surface area contributed by atoms with Gasteiger partial charge >= 0.3 is 0 Å². The maximum absolute atomic E-state index is 13.0. The Labute approximate surface area is 181 Å². The van der Waals surface area contributed by atoms with E-state index in [1.807, 2.05) is 54.3 Å². The number of carbonyl (C=O) groups excluding carboxylic acids is 2. The second-order valence-electron chi connectivity index (χ2n) is 7.86. The molecule has 1 aliphatic heterocycles. The summed E-state index contributed by atoms with van der Waals surface area (Å²) in [4.78, 5) is 27.6. The summed E-state index contributed by atoms with van der Waals surface area (Å²) in [5.74, 6) is 0.402. The van der Waals surface area contributed by atoms with Gasteiger partial charge in [-0.15, -0.1) is 0 Å². The van der Waals surface area contributed by atoms with Gasteiger partial charge in [0, 0.05) is 47.5 Å². The molecule has 0 aliphatic carbocycles. The van der Waals surface area contributed by atoms with Crippen LogP contribution in [0, 0.1) is 0 Å². The van der Waals surface area contributed by atoms with Crippen LogP contribution in [0.15, 0.2) is 54.6 Å². The van der Waals surface area contributed by atoms with Crippen molar-refractivity contribution in [3.63, 3.8) is 0 Å². The highest BCUT2D eigenvalue weighted by Crippen LogP contribution is 2.24. The lowest BCUT2D eigenvalue weighted by atomic mass is 9.93. The van der Waals surface area contributed by atoms with E-state index >= 15 is 0 Å². The van der Waals surface area contributed by atoms with Crippen molar-refractivity contribution >= 4 is 22.6 Å². The number of nitrogens with zero attached hydrogens (tertiary/aromatic N) is 1. The summed E-state index contributed by atoms with van der Waals surface area (Å²) in [6.07, 6.45) is 3.93. The van der Waals surface area contributed by atoms with Gasteiger partial charge in [0.15, 0.2) is 0 Å². The number of rotatable bonds is 7. The lowest BCUT2D eigenvalue weighted by molar-refractivity contribution is -0.134. The third-order valence-corrected chi connectivity index (χ3v) is 6.35. The quantitative estimate of drug-likeness (QED) is 0.737. The molecular formula is C24H30N2O3S. The molecule has 0 bridgehead atoms. The Morgan fingerprint density at radius 3 is 2.43 bits per heavy atom. The van der Waals surface area contributed by atoms with Gasteiger partial charge in [0.25, 0.3) is 5.91 Å². The fourth-order valence-electron chi connectivity index (χ4n) is 4.01. The highest BCUT2D eigenvalue weighted by molar-refractivity contribution is 7.83. The molecule has 2 aromatic rings. The van der Waals surface area contributed by atoms with Crippen LogP contribution in [0.25, 0.3) is 0 Å². The van der Waals surface area contributed by atoms with Crippen LogP contribution in [-0.4, -0.2) is 46.3 Å². The highest BCUT2D eigenvalue weighted by Gasteiger charge is 2.28. The summed E-state index contributed by atoms with van der Waals surface area (Å²) < 4.78 is 11.4. The molecule has 5 nitrogen and oxygen atoms in total. The summed E-state index contributed by atoms with van der Waals surface area (Å²) in [5.41, 5.74) is 2.55. The zero-order chi connectivity index (χ0) is 21.5. The minimum atomic E-state index is -0.941. The minimum Gasteiger partial charge on any atom is -0.349 e. The minimum absolute atomic E-state index is 0.0577. The molecule has 160 valence electrons. The molecule has 1 heterocycles. The van der Waals surface area contributed by atoms with Gasteiger partial charge < -0.3 is 10.2 Å². The van der Waals surface area contributed by atoms with E-state index in [1.165, 1.54) is 0 Å². The van der Waals surface area contributed by atoms with E-state index in [0.29, 0.717) is 24.4 Å². The van der Waals surface area contributed by atoms with Crippen molar-refractivity contribution in [2.75, 3.05) is 19.3 Å². The summed E-state index contributed by atoms with van der Waals surface area (Å²) >= 11 is 0. The van der Waals surface area contributed by atoms with E-state index in [-0.39, 0.29) is 23.8 Å². The van der Waals surface area contributed by atoms with Crippen molar-refractivity contribution in [3.05, 3.63) is 71.3 Å². The van der Waals surface area contributed by atoms with E-state index in [1.54, 1.807) is 18.4 Å². The zero-order valence-electron chi connectivity index (χ0n) is 17.7. The maximum atomic E-state index is 13.0. The van der Waals surface area contributed by atoms with Crippen LogP contribution in [0.5, 0.6) is 0 Å². The molecule has 0 spiro atoms. The number of hydrogen-bond donors (Lipinski definition) is 1. The van der Waals surface area contributed by atoms with Crippen LogP contribution in [0.2, 0.25) is 0 Å². The molecule has 1 N–H and O–H groups in total. The predicted molar refractivity (Wildman–Crippen MR) is 121 cm³/mol. The van der Waals surface area contributed by atoms with Crippen molar-refractivity contribution in [1.29, 1.82) is 0 Å². The van der Waals surface area contributed by atoms with E-state index in [4.69, 9.17) is 0 Å². The van der Waals surface area contributed by atoms with Crippen LogP contribution in [0.3, 0.4) is 0 Å². The number of nitrogens with one attached hydrogen (secondary N) is 1. The molecule has 2 amide bonds. The molecule has 0 radical (unpaired) electrons. The second-order valence-corrected chi connectivity index (χ2v) is 9.30. The lowest BCUT2D eigenvalue weighted by Gasteiger charge is -2.34. The Kier molecular flexibility index (Phi) is 7.80. The van der Waals surface area contributed by atoms with Gasteiger partial charge in [0.2, 0.25) is 5.91 Å². The van der Waals surface area contributed by atoms with Crippen LogP contribution in [0.4, 0.5) is 0 Å². The molecule has 1 saturated heterocycles. The fraction of sp³-hybridized carbons (Fsp3) is 0.417. The summed E-state index contributed by atoms with van der Waals surface area (Å²) in [6.45, 7) is 3.36. The standard InChI is InChI=1S/C24H30N2O3S/c1-3-22(19-9-5-4-6-10-19)24(28)26-14-12-21(13-15-26)25-23(27)20-11-7-8-18(16-20)17-30(2)29/h4-11,16,21-22H,3,12-15,17H2,1-2H3,(H,25,27). The average molecular weight is 427 g/mol. The summed E-state index contributed by atoms with van der Waals surface area (Å²) in [7, 11) is -0.941. The van der Waals surface area contributed by atoms with Crippen molar-refractivity contribution in [2.45, 2.75) is 43.9 Å². The molecular weight excluding hydrogens is 396 g/mol. The van der Waals surface area contributed by atoms with Crippen LogP contribution < -0.4 is 5.32 Å². The van der Waals surface area contributed by atoms with Gasteiger partial charge in [-0.1, -0.05) is 49.4 Å². The van der Waals surface area contributed by atoms with Gasteiger partial charge in [-0.3, -0.25) is 13.8 Å². The Bertz CT molecular complexity index is 892. The average Bonchev–Trinajstić information content (AvgIpc) is 2.75. The van der Waals surface area contributed by atoms with Crippen molar-refractivity contribution in [1.82, 2.24) is 10.2 Å². The Morgan fingerprint density at radius 2 is 1.80 bits per heavy atom. The number of benzene rings is 2. The molecule has 2 unspecified atom stereocenters. The first kappa shape index (κ1) is 22.2. The lowest BCUT2D eigenvalue weighted by Crippen LogP contribution is -2.47. The van der Waals surface area contributed by atoms with Gasteiger partial charge in [-0.25, -0.2) is 0 Å². The van der Waals surface area contributed by atoms with Gasteiger partial charge in [-0.2, -0.15) is 0 Å². The highest BCUT2D eigenvalue weighted by atomic mass is 32.2.